The number of aromatic nitrogens is 2. The number of rotatable bonds is 2. The molecule has 2 aromatic rings. The first kappa shape index (κ1) is 10.9. The third kappa shape index (κ3) is 2.49. The van der Waals surface area contributed by atoms with Crippen molar-refractivity contribution in [2.24, 2.45) is 0 Å². The van der Waals surface area contributed by atoms with Crippen LogP contribution in [0.4, 0.5) is 5.69 Å². The molecule has 0 atom stereocenters. The largest absolute Gasteiger partial charge is 0.435 e. The molecule has 1 heterocycles. The number of benzene rings is 1. The van der Waals surface area contributed by atoms with E-state index in [4.69, 9.17) is 15.7 Å². The Balaban J connectivity index is 2.23. The van der Waals surface area contributed by atoms with Gasteiger partial charge in [0.2, 0.25) is 5.88 Å². The summed E-state index contributed by atoms with van der Waals surface area (Å²) in [5.41, 5.74) is 7.64. The van der Waals surface area contributed by atoms with Crippen molar-refractivity contribution in [2.45, 2.75) is 6.92 Å². The van der Waals surface area contributed by atoms with Crippen LogP contribution in [0.1, 0.15) is 11.3 Å². The van der Waals surface area contributed by atoms with E-state index >= 15 is 0 Å². The zero-order valence-corrected chi connectivity index (χ0v) is 9.21. The summed E-state index contributed by atoms with van der Waals surface area (Å²) in [5, 5.41) is 8.58. The normalized spacial score (nSPS) is 9.65. The number of nitriles is 1. The summed E-state index contributed by atoms with van der Waals surface area (Å²) in [5.74, 6) is 0.828. The Morgan fingerprint density at radius 1 is 1.29 bits per heavy atom. The number of ether oxygens (including phenoxy) is 1. The maximum absolute atomic E-state index is 8.58. The van der Waals surface area contributed by atoms with E-state index in [9.17, 15) is 0 Å². The zero-order chi connectivity index (χ0) is 12.3. The second kappa shape index (κ2) is 4.49. The molecule has 0 aliphatic heterocycles. The van der Waals surface area contributed by atoms with E-state index < -0.39 is 0 Å². The molecule has 17 heavy (non-hydrogen) atoms. The lowest BCUT2D eigenvalue weighted by molar-refractivity contribution is 0.462. The highest BCUT2D eigenvalue weighted by molar-refractivity contribution is 5.55. The van der Waals surface area contributed by atoms with Gasteiger partial charge in [0.1, 0.15) is 6.07 Å². The molecule has 2 rings (SSSR count). The van der Waals surface area contributed by atoms with Gasteiger partial charge < -0.3 is 10.5 Å². The van der Waals surface area contributed by atoms with Gasteiger partial charge in [-0.1, -0.05) is 6.07 Å². The number of nitrogens with two attached hydrogens (primary N) is 1. The minimum atomic E-state index is 0.245. The lowest BCUT2D eigenvalue weighted by Crippen LogP contribution is -1.95. The summed E-state index contributed by atoms with van der Waals surface area (Å²) in [6, 6.07) is 7.35. The van der Waals surface area contributed by atoms with E-state index in [1.165, 1.54) is 12.4 Å². The van der Waals surface area contributed by atoms with E-state index in [1.807, 2.05) is 25.1 Å². The Hall–Kier alpha value is -2.61. The molecule has 0 saturated heterocycles. The fraction of sp³-hybridized carbons (Fsp3) is 0.0833. The Morgan fingerprint density at radius 3 is 2.71 bits per heavy atom. The molecule has 0 saturated carbocycles. The second-order valence-corrected chi connectivity index (χ2v) is 3.50. The van der Waals surface area contributed by atoms with Crippen LogP contribution in [-0.4, -0.2) is 9.97 Å². The zero-order valence-electron chi connectivity index (χ0n) is 9.21. The SMILES string of the molecule is Cc1ccc(Oc2cnc(C#N)cn2)c(N)c1. The van der Waals surface area contributed by atoms with Gasteiger partial charge in [0.25, 0.3) is 0 Å². The standard InChI is InChI=1S/C12H10N4O/c1-8-2-3-11(10(14)4-8)17-12-7-15-9(5-13)6-16-12/h2-4,6-7H,14H2,1H3. The van der Waals surface area contributed by atoms with Crippen molar-refractivity contribution in [1.82, 2.24) is 9.97 Å². The number of aryl methyl sites for hydroxylation is 1. The van der Waals surface area contributed by atoms with Crippen LogP contribution in [0.3, 0.4) is 0 Å². The number of nitrogens with zero attached hydrogens (tertiary/aromatic N) is 3. The van der Waals surface area contributed by atoms with Crippen molar-refractivity contribution in [3.05, 3.63) is 41.9 Å². The van der Waals surface area contributed by atoms with Crippen molar-refractivity contribution in [3.8, 4) is 17.7 Å². The first-order valence-corrected chi connectivity index (χ1v) is 4.95. The van der Waals surface area contributed by atoms with E-state index in [1.54, 1.807) is 6.07 Å². The first-order chi connectivity index (χ1) is 8.19. The summed E-state index contributed by atoms with van der Waals surface area (Å²) in [6.45, 7) is 1.95. The molecule has 0 bridgehead atoms. The van der Waals surface area contributed by atoms with Gasteiger partial charge in [-0.3, -0.25) is 0 Å². The Morgan fingerprint density at radius 2 is 2.12 bits per heavy atom. The van der Waals surface area contributed by atoms with Gasteiger partial charge in [-0.05, 0) is 24.6 Å². The van der Waals surface area contributed by atoms with Crippen LogP contribution in [0.2, 0.25) is 0 Å². The maximum atomic E-state index is 8.58. The van der Waals surface area contributed by atoms with E-state index in [-0.39, 0.29) is 5.69 Å². The molecule has 5 nitrogen and oxygen atoms in total. The quantitative estimate of drug-likeness (QED) is 0.792. The predicted octanol–water partition coefficient (Wildman–Crippen LogP) is 2.03. The second-order valence-electron chi connectivity index (χ2n) is 3.50. The summed E-state index contributed by atoms with van der Waals surface area (Å²) in [7, 11) is 0. The first-order valence-electron chi connectivity index (χ1n) is 4.95. The molecule has 1 aromatic heterocycles. The highest BCUT2D eigenvalue weighted by Gasteiger charge is 2.03. The van der Waals surface area contributed by atoms with Crippen LogP contribution in [-0.2, 0) is 0 Å². The van der Waals surface area contributed by atoms with Crippen LogP contribution in [0.5, 0.6) is 11.6 Å². The minimum Gasteiger partial charge on any atom is -0.435 e. The van der Waals surface area contributed by atoms with Crippen LogP contribution in [0.15, 0.2) is 30.6 Å². The van der Waals surface area contributed by atoms with Gasteiger partial charge in [0, 0.05) is 0 Å². The van der Waals surface area contributed by atoms with Crippen LogP contribution >= 0.6 is 0 Å². The monoisotopic (exact) mass is 226 g/mol. The number of nitrogen functional groups attached to an aromatic ring is 1. The van der Waals surface area contributed by atoms with Crippen LogP contribution < -0.4 is 10.5 Å². The molecular formula is C12H10N4O. The van der Waals surface area contributed by atoms with Gasteiger partial charge in [-0.2, -0.15) is 5.26 Å². The Kier molecular flexibility index (Phi) is 2.88. The van der Waals surface area contributed by atoms with Gasteiger partial charge in [-0.15, -0.1) is 0 Å². The third-order valence-corrected chi connectivity index (χ3v) is 2.12. The summed E-state index contributed by atoms with van der Waals surface area (Å²) in [4.78, 5) is 7.80. The van der Waals surface area contributed by atoms with E-state index in [2.05, 4.69) is 9.97 Å². The average molecular weight is 226 g/mol. The molecule has 1 aromatic carbocycles. The van der Waals surface area contributed by atoms with Crippen molar-refractivity contribution in [1.29, 1.82) is 5.26 Å². The van der Waals surface area contributed by atoms with Crippen molar-refractivity contribution >= 4 is 5.69 Å². The minimum absolute atomic E-state index is 0.245. The van der Waals surface area contributed by atoms with Crippen LogP contribution in [0, 0.1) is 18.3 Å². The third-order valence-electron chi connectivity index (χ3n) is 2.12. The number of hydrogen-bond acceptors (Lipinski definition) is 5. The lowest BCUT2D eigenvalue weighted by atomic mass is 10.2. The highest BCUT2D eigenvalue weighted by Crippen LogP contribution is 2.26. The molecule has 2 N–H and O–H groups in total. The smallest absolute Gasteiger partial charge is 0.238 e. The van der Waals surface area contributed by atoms with E-state index in [0.29, 0.717) is 17.3 Å². The fourth-order valence-corrected chi connectivity index (χ4v) is 1.30. The molecular weight excluding hydrogens is 216 g/mol. The van der Waals surface area contributed by atoms with Crippen molar-refractivity contribution in [2.75, 3.05) is 5.73 Å². The molecule has 0 amide bonds. The van der Waals surface area contributed by atoms with E-state index in [0.717, 1.165) is 5.56 Å². The molecule has 0 radical (unpaired) electrons. The lowest BCUT2D eigenvalue weighted by Gasteiger charge is -2.07. The molecule has 0 unspecified atom stereocenters. The molecule has 5 heteroatoms. The van der Waals surface area contributed by atoms with Gasteiger partial charge in [0.15, 0.2) is 11.4 Å². The van der Waals surface area contributed by atoms with Gasteiger partial charge in [-0.25, -0.2) is 9.97 Å². The van der Waals surface area contributed by atoms with Gasteiger partial charge in [0.05, 0.1) is 18.1 Å². The van der Waals surface area contributed by atoms with Gasteiger partial charge >= 0.3 is 0 Å². The van der Waals surface area contributed by atoms with Crippen molar-refractivity contribution in [3.63, 3.8) is 0 Å². The Labute approximate surface area is 98.5 Å². The molecule has 0 fully saturated rings. The van der Waals surface area contributed by atoms with Crippen molar-refractivity contribution < 1.29 is 4.74 Å². The maximum Gasteiger partial charge on any atom is 0.238 e. The fourth-order valence-electron chi connectivity index (χ4n) is 1.30. The Bertz CT molecular complexity index is 572. The predicted molar refractivity (Wildman–Crippen MR) is 62.4 cm³/mol. The number of hydrogen-bond donors (Lipinski definition) is 1. The average Bonchev–Trinajstić information content (AvgIpc) is 2.34. The van der Waals surface area contributed by atoms with Crippen LogP contribution in [0.25, 0.3) is 0 Å². The summed E-state index contributed by atoms with van der Waals surface area (Å²) >= 11 is 0. The summed E-state index contributed by atoms with van der Waals surface area (Å²) in [6.07, 6.45) is 2.73. The molecule has 0 aliphatic rings. The summed E-state index contributed by atoms with van der Waals surface area (Å²) < 4.78 is 5.46. The highest BCUT2D eigenvalue weighted by atomic mass is 16.5. The topological polar surface area (TPSA) is 84.8 Å². The number of anilines is 1. The molecule has 0 spiro atoms. The molecule has 0 aliphatic carbocycles. The molecule has 84 valence electrons.